The second-order valence-electron chi connectivity index (χ2n) is 3.99. The Morgan fingerprint density at radius 1 is 1.53 bits per heavy atom. The summed E-state index contributed by atoms with van der Waals surface area (Å²) in [5.41, 5.74) is 1.51. The zero-order valence-corrected chi connectivity index (χ0v) is 9.50. The molecule has 0 radical (unpaired) electrons. The van der Waals surface area contributed by atoms with E-state index in [9.17, 15) is 4.79 Å². The summed E-state index contributed by atoms with van der Waals surface area (Å²) in [6.07, 6.45) is 2.19. The van der Waals surface area contributed by atoms with Crippen molar-refractivity contribution < 1.29 is 15.0 Å². The van der Waals surface area contributed by atoms with Crippen LogP contribution in [0.15, 0.2) is 24.5 Å². The van der Waals surface area contributed by atoms with E-state index in [0.29, 0.717) is 17.5 Å². The monoisotopic (exact) mass is 234 g/mol. The highest BCUT2D eigenvalue weighted by molar-refractivity contribution is 6.01. The second kappa shape index (κ2) is 4.55. The van der Waals surface area contributed by atoms with Crippen LogP contribution in [0.2, 0.25) is 0 Å². The van der Waals surface area contributed by atoms with Crippen molar-refractivity contribution in [3.63, 3.8) is 0 Å². The molecule has 0 aliphatic carbocycles. The Balaban J connectivity index is 2.61. The fourth-order valence-electron chi connectivity index (χ4n) is 1.92. The Labute approximate surface area is 98.3 Å². The van der Waals surface area contributed by atoms with Gasteiger partial charge in [-0.2, -0.15) is 0 Å². The number of carbonyl (C=O) groups is 1. The Morgan fingerprint density at radius 3 is 2.94 bits per heavy atom. The van der Waals surface area contributed by atoms with Gasteiger partial charge in [-0.3, -0.25) is 0 Å². The van der Waals surface area contributed by atoms with Gasteiger partial charge in [-0.25, -0.2) is 9.78 Å². The number of aliphatic hydroxyl groups excluding tert-OH is 1. The summed E-state index contributed by atoms with van der Waals surface area (Å²) in [4.78, 5) is 15.3. The van der Waals surface area contributed by atoms with Crippen molar-refractivity contribution in [3.05, 3.63) is 30.1 Å². The van der Waals surface area contributed by atoms with Gasteiger partial charge < -0.3 is 14.8 Å². The maximum atomic E-state index is 11.2. The molecule has 2 rings (SSSR count). The van der Waals surface area contributed by atoms with Gasteiger partial charge >= 0.3 is 5.97 Å². The minimum Gasteiger partial charge on any atom is -0.478 e. The van der Waals surface area contributed by atoms with Gasteiger partial charge in [-0.15, -0.1) is 0 Å². The summed E-state index contributed by atoms with van der Waals surface area (Å²) in [5.74, 6) is -0.964. The summed E-state index contributed by atoms with van der Waals surface area (Å²) < 4.78 is 1.80. The summed E-state index contributed by atoms with van der Waals surface area (Å²) >= 11 is 0. The summed E-state index contributed by atoms with van der Waals surface area (Å²) in [6, 6.07) is 5.05. The Hall–Kier alpha value is -1.88. The number of aromatic carboxylic acids is 1. The van der Waals surface area contributed by atoms with Gasteiger partial charge in [0.1, 0.15) is 0 Å². The van der Waals surface area contributed by atoms with Crippen LogP contribution in [0.3, 0.4) is 0 Å². The van der Waals surface area contributed by atoms with Gasteiger partial charge in [0, 0.05) is 12.6 Å². The Kier molecular flexibility index (Phi) is 3.10. The number of aromatic nitrogens is 2. The molecule has 1 unspecified atom stereocenters. The lowest BCUT2D eigenvalue weighted by Gasteiger charge is -2.13. The van der Waals surface area contributed by atoms with Crippen LogP contribution < -0.4 is 0 Å². The number of hydrogen-bond acceptors (Lipinski definition) is 3. The number of benzene rings is 1. The molecule has 0 saturated heterocycles. The highest BCUT2D eigenvalue weighted by Gasteiger charge is 2.15. The maximum Gasteiger partial charge on any atom is 0.337 e. The summed E-state index contributed by atoms with van der Waals surface area (Å²) in [5, 5.41) is 18.1. The highest BCUT2D eigenvalue weighted by Crippen LogP contribution is 2.23. The smallest absolute Gasteiger partial charge is 0.337 e. The van der Waals surface area contributed by atoms with Crippen LogP contribution in [0, 0.1) is 0 Å². The Bertz CT molecular complexity index is 548. The number of para-hydroxylation sites is 1. The lowest BCUT2D eigenvalue weighted by Crippen LogP contribution is -2.08. The number of rotatable bonds is 4. The number of nitrogens with zero attached hydrogens (tertiary/aromatic N) is 2. The fraction of sp³-hybridized carbons (Fsp3) is 0.333. The first-order chi connectivity index (χ1) is 8.15. The van der Waals surface area contributed by atoms with E-state index < -0.39 is 5.97 Å². The number of imidazole rings is 1. The van der Waals surface area contributed by atoms with Crippen molar-refractivity contribution in [2.45, 2.75) is 19.4 Å². The molecule has 0 spiro atoms. The van der Waals surface area contributed by atoms with Gasteiger partial charge in [0.05, 0.1) is 22.9 Å². The molecule has 1 atom stereocenters. The van der Waals surface area contributed by atoms with E-state index in [-0.39, 0.29) is 18.2 Å². The van der Waals surface area contributed by atoms with Gasteiger partial charge in [0.15, 0.2) is 0 Å². The molecular weight excluding hydrogens is 220 g/mol. The van der Waals surface area contributed by atoms with Crippen molar-refractivity contribution in [1.29, 1.82) is 0 Å². The molecule has 5 heteroatoms. The first kappa shape index (κ1) is 11.6. The lowest BCUT2D eigenvalue weighted by atomic mass is 10.1. The van der Waals surface area contributed by atoms with Gasteiger partial charge in [-0.1, -0.05) is 6.07 Å². The average Bonchev–Trinajstić information content (AvgIpc) is 2.72. The van der Waals surface area contributed by atoms with E-state index in [1.807, 2.05) is 6.92 Å². The van der Waals surface area contributed by atoms with E-state index in [4.69, 9.17) is 10.2 Å². The van der Waals surface area contributed by atoms with E-state index in [2.05, 4.69) is 4.98 Å². The molecule has 0 bridgehead atoms. The molecule has 0 fully saturated rings. The SMILES string of the molecule is CC(CCO)n1cnc2cccc(C(=O)O)c21. The molecule has 0 saturated carbocycles. The average molecular weight is 234 g/mol. The van der Waals surface area contributed by atoms with Crippen LogP contribution in [0.4, 0.5) is 0 Å². The summed E-state index contributed by atoms with van der Waals surface area (Å²) in [6.45, 7) is 1.99. The predicted octanol–water partition coefficient (Wildman–Crippen LogP) is 1.68. The lowest BCUT2D eigenvalue weighted by molar-refractivity contribution is 0.0698. The van der Waals surface area contributed by atoms with Gasteiger partial charge in [0.2, 0.25) is 0 Å². The minimum atomic E-state index is -0.964. The molecule has 1 aromatic heterocycles. The third-order valence-electron chi connectivity index (χ3n) is 2.85. The van der Waals surface area contributed by atoms with Crippen LogP contribution in [0.5, 0.6) is 0 Å². The number of fused-ring (bicyclic) bond motifs is 1. The predicted molar refractivity (Wildman–Crippen MR) is 63.1 cm³/mol. The minimum absolute atomic E-state index is 0.0190. The largest absolute Gasteiger partial charge is 0.478 e. The van der Waals surface area contributed by atoms with Crippen molar-refractivity contribution in [2.75, 3.05) is 6.61 Å². The number of hydrogen-bond donors (Lipinski definition) is 2. The van der Waals surface area contributed by atoms with Gasteiger partial charge in [-0.05, 0) is 25.5 Å². The first-order valence-corrected chi connectivity index (χ1v) is 5.45. The van der Waals surface area contributed by atoms with Crippen LogP contribution in [-0.2, 0) is 0 Å². The van der Waals surface area contributed by atoms with E-state index >= 15 is 0 Å². The maximum absolute atomic E-state index is 11.2. The third kappa shape index (κ3) is 2.01. The molecule has 1 heterocycles. The first-order valence-electron chi connectivity index (χ1n) is 5.45. The van der Waals surface area contributed by atoms with Crippen LogP contribution in [0.1, 0.15) is 29.7 Å². The topological polar surface area (TPSA) is 75.3 Å². The van der Waals surface area contributed by atoms with Crippen molar-refractivity contribution in [2.24, 2.45) is 0 Å². The molecule has 1 aromatic carbocycles. The molecule has 2 N–H and O–H groups in total. The Morgan fingerprint density at radius 2 is 2.29 bits per heavy atom. The van der Waals surface area contributed by atoms with E-state index in [1.54, 1.807) is 29.1 Å². The number of carboxylic acids is 1. The molecule has 0 aliphatic heterocycles. The fourth-order valence-corrected chi connectivity index (χ4v) is 1.92. The van der Waals surface area contributed by atoms with Crippen molar-refractivity contribution in [3.8, 4) is 0 Å². The van der Waals surface area contributed by atoms with Gasteiger partial charge in [0.25, 0.3) is 0 Å². The standard InChI is InChI=1S/C12H14N2O3/c1-8(5-6-15)14-7-13-10-4-2-3-9(11(10)14)12(16)17/h2-4,7-8,15H,5-6H2,1H3,(H,16,17). The third-order valence-corrected chi connectivity index (χ3v) is 2.85. The number of carboxylic acid groups (broad SMARTS) is 1. The number of aliphatic hydroxyl groups is 1. The van der Waals surface area contributed by atoms with Crippen molar-refractivity contribution in [1.82, 2.24) is 9.55 Å². The zero-order chi connectivity index (χ0) is 12.4. The molecule has 2 aromatic rings. The normalized spacial score (nSPS) is 12.8. The molecular formula is C12H14N2O3. The van der Waals surface area contributed by atoms with Crippen LogP contribution in [-0.4, -0.2) is 32.3 Å². The molecule has 17 heavy (non-hydrogen) atoms. The highest BCUT2D eigenvalue weighted by atomic mass is 16.4. The van der Waals surface area contributed by atoms with Crippen LogP contribution >= 0.6 is 0 Å². The van der Waals surface area contributed by atoms with Crippen LogP contribution in [0.25, 0.3) is 11.0 Å². The van der Waals surface area contributed by atoms with E-state index in [1.165, 1.54) is 0 Å². The molecule has 0 amide bonds. The summed E-state index contributed by atoms with van der Waals surface area (Å²) in [7, 11) is 0. The zero-order valence-electron chi connectivity index (χ0n) is 9.50. The molecule has 0 aliphatic rings. The van der Waals surface area contributed by atoms with Crippen molar-refractivity contribution >= 4 is 17.0 Å². The molecule has 5 nitrogen and oxygen atoms in total. The molecule has 90 valence electrons. The van der Waals surface area contributed by atoms with E-state index in [0.717, 1.165) is 0 Å². The quantitative estimate of drug-likeness (QED) is 0.843. The second-order valence-corrected chi connectivity index (χ2v) is 3.99.